The number of nitrogens with one attached hydrogen (secondary N) is 1. The maximum atomic E-state index is 13.2. The summed E-state index contributed by atoms with van der Waals surface area (Å²) in [4.78, 5) is 41.3. The molecule has 0 saturated carbocycles. The maximum absolute atomic E-state index is 13.2. The van der Waals surface area contributed by atoms with Crippen LogP contribution < -0.4 is 10.1 Å². The van der Waals surface area contributed by atoms with E-state index < -0.39 is 6.04 Å². The van der Waals surface area contributed by atoms with E-state index in [9.17, 15) is 14.4 Å². The van der Waals surface area contributed by atoms with E-state index in [4.69, 9.17) is 9.47 Å². The number of amides is 3. The summed E-state index contributed by atoms with van der Waals surface area (Å²) in [7, 11) is 0. The van der Waals surface area contributed by atoms with Crippen LogP contribution in [0.1, 0.15) is 65.6 Å². The molecule has 5 aliphatic rings. The highest BCUT2D eigenvalue weighted by atomic mass is 16.5. The Hall–Kier alpha value is -3.24. The molecule has 3 fully saturated rings. The number of likely N-dealkylation sites (tertiary alicyclic amines) is 1. The van der Waals surface area contributed by atoms with E-state index in [0.717, 1.165) is 76.4 Å². The van der Waals surface area contributed by atoms with Gasteiger partial charge in [0.25, 0.3) is 5.91 Å². The summed E-state index contributed by atoms with van der Waals surface area (Å²) >= 11 is 0. The Labute approximate surface area is 227 Å². The van der Waals surface area contributed by atoms with E-state index in [1.807, 2.05) is 12.3 Å². The van der Waals surface area contributed by atoms with Crippen molar-refractivity contribution in [3.63, 3.8) is 0 Å². The zero-order valence-corrected chi connectivity index (χ0v) is 22.2. The van der Waals surface area contributed by atoms with Crippen molar-refractivity contribution in [3.8, 4) is 5.75 Å². The fourth-order valence-corrected chi connectivity index (χ4v) is 7.08. The van der Waals surface area contributed by atoms with Crippen LogP contribution in [0.25, 0.3) is 0 Å². The molecule has 0 unspecified atom stereocenters. The number of carbonyl (C=O) groups is 3. The van der Waals surface area contributed by atoms with Crippen LogP contribution in [-0.2, 0) is 39.4 Å². The van der Waals surface area contributed by atoms with Gasteiger partial charge in [-0.05, 0) is 57.2 Å². The molecule has 7 rings (SSSR count). The number of imide groups is 1. The summed E-state index contributed by atoms with van der Waals surface area (Å²) in [5.74, 6) is 0.666. The summed E-state index contributed by atoms with van der Waals surface area (Å²) in [6.45, 7) is 6.52. The predicted molar refractivity (Wildman–Crippen MR) is 140 cm³/mol. The molecule has 2 aromatic rings. The number of piperidine rings is 2. The van der Waals surface area contributed by atoms with Gasteiger partial charge in [-0.3, -0.25) is 29.3 Å². The Bertz CT molecular complexity index is 1310. The van der Waals surface area contributed by atoms with Crippen LogP contribution in [0, 0.1) is 5.92 Å². The van der Waals surface area contributed by atoms with Gasteiger partial charge in [0.2, 0.25) is 11.8 Å². The molecule has 3 saturated heterocycles. The molecule has 1 N–H and O–H groups in total. The molecule has 0 bridgehead atoms. The molecule has 1 aromatic heterocycles. The van der Waals surface area contributed by atoms with Gasteiger partial charge in [0.1, 0.15) is 11.8 Å². The summed E-state index contributed by atoms with van der Waals surface area (Å²) in [6, 6.07) is 3.37. The van der Waals surface area contributed by atoms with E-state index in [1.54, 1.807) is 4.90 Å². The Morgan fingerprint density at radius 1 is 1.08 bits per heavy atom. The van der Waals surface area contributed by atoms with Crippen molar-refractivity contribution < 1.29 is 23.9 Å². The molecule has 3 amide bonds. The molecule has 6 heterocycles. The van der Waals surface area contributed by atoms with Crippen molar-refractivity contribution in [3.05, 3.63) is 46.8 Å². The highest BCUT2D eigenvalue weighted by Gasteiger charge is 2.47. The van der Waals surface area contributed by atoms with E-state index >= 15 is 0 Å². The number of aromatic nitrogens is 2. The number of fused-ring (bicyclic) bond motifs is 4. The zero-order valence-electron chi connectivity index (χ0n) is 22.2. The molecule has 206 valence electrons. The maximum Gasteiger partial charge on any atom is 0.255 e. The van der Waals surface area contributed by atoms with Gasteiger partial charge in [-0.15, -0.1) is 0 Å². The second-order valence-corrected chi connectivity index (χ2v) is 11.8. The number of hydrogen-bond acceptors (Lipinski definition) is 7. The summed E-state index contributed by atoms with van der Waals surface area (Å²) in [6.07, 6.45) is 9.04. The van der Waals surface area contributed by atoms with Gasteiger partial charge in [-0.2, -0.15) is 5.10 Å². The smallest absolute Gasteiger partial charge is 0.255 e. The highest BCUT2D eigenvalue weighted by Crippen LogP contribution is 2.49. The van der Waals surface area contributed by atoms with Gasteiger partial charge in [0.15, 0.2) is 0 Å². The number of hydrogen-bond donors (Lipinski definition) is 1. The topological polar surface area (TPSA) is 106 Å². The minimum absolute atomic E-state index is 0.0425. The van der Waals surface area contributed by atoms with Gasteiger partial charge >= 0.3 is 0 Å². The van der Waals surface area contributed by atoms with Crippen LogP contribution in [0.3, 0.4) is 0 Å². The Morgan fingerprint density at radius 3 is 2.69 bits per heavy atom. The molecule has 1 aromatic carbocycles. The average molecular weight is 534 g/mol. The van der Waals surface area contributed by atoms with Crippen LogP contribution in [0.15, 0.2) is 24.5 Å². The van der Waals surface area contributed by atoms with Crippen LogP contribution in [-0.4, -0.2) is 76.3 Å². The fourth-order valence-electron chi connectivity index (χ4n) is 7.08. The third-order valence-electron chi connectivity index (χ3n) is 9.42. The lowest BCUT2D eigenvalue weighted by Gasteiger charge is -2.38. The molecule has 5 aliphatic heterocycles. The molecule has 39 heavy (non-hydrogen) atoms. The third-order valence-corrected chi connectivity index (χ3v) is 9.42. The number of nitrogens with zero attached hydrogens (tertiary/aromatic N) is 4. The molecule has 10 nitrogen and oxygen atoms in total. The minimum Gasteiger partial charge on any atom is -0.492 e. The number of carbonyl (C=O) groups excluding carboxylic acids is 3. The third kappa shape index (κ3) is 4.43. The first-order valence-corrected chi connectivity index (χ1v) is 14.2. The van der Waals surface area contributed by atoms with Crippen molar-refractivity contribution >= 4 is 17.7 Å². The highest BCUT2D eigenvalue weighted by molar-refractivity contribution is 6.05. The molecular formula is C29H35N5O5. The van der Waals surface area contributed by atoms with Crippen molar-refractivity contribution in [2.45, 2.75) is 69.6 Å². The second-order valence-electron chi connectivity index (χ2n) is 11.8. The number of rotatable bonds is 5. The Morgan fingerprint density at radius 2 is 1.90 bits per heavy atom. The van der Waals surface area contributed by atoms with Gasteiger partial charge < -0.3 is 14.4 Å². The lowest BCUT2D eigenvalue weighted by molar-refractivity contribution is -0.136. The molecular weight excluding hydrogens is 498 g/mol. The Kier molecular flexibility index (Phi) is 6.19. The summed E-state index contributed by atoms with van der Waals surface area (Å²) in [5, 5.41) is 7.00. The Balaban J connectivity index is 1.00. The minimum atomic E-state index is -0.613. The second kappa shape index (κ2) is 9.75. The van der Waals surface area contributed by atoms with Crippen LogP contribution in [0.2, 0.25) is 0 Å². The molecule has 0 radical (unpaired) electrons. The first-order chi connectivity index (χ1) is 19.0. The summed E-state index contributed by atoms with van der Waals surface area (Å²) < 4.78 is 13.9. The quantitative estimate of drug-likeness (QED) is 0.586. The first-order valence-electron chi connectivity index (χ1n) is 14.2. The number of ether oxygens (including phenoxy) is 2. The van der Waals surface area contributed by atoms with Crippen LogP contribution >= 0.6 is 0 Å². The van der Waals surface area contributed by atoms with E-state index in [-0.39, 0.29) is 29.6 Å². The zero-order chi connectivity index (χ0) is 26.6. The van der Waals surface area contributed by atoms with Crippen LogP contribution in [0.5, 0.6) is 5.75 Å². The first kappa shape index (κ1) is 24.8. The molecule has 0 aliphatic carbocycles. The SMILES string of the molecule is O=C1CC[C@H](N2Cc3c(ccc4c3OCC43CCN(Cc4cnn(CC5CCOCC5)c4)CC3)C2=O)C(=O)N1. The lowest BCUT2D eigenvalue weighted by atomic mass is 9.74. The van der Waals surface area contributed by atoms with Gasteiger partial charge in [-0.1, -0.05) is 6.07 Å². The number of benzene rings is 1. The van der Waals surface area contributed by atoms with E-state index in [1.165, 1.54) is 11.1 Å². The van der Waals surface area contributed by atoms with Crippen molar-refractivity contribution in [1.82, 2.24) is 24.9 Å². The van der Waals surface area contributed by atoms with E-state index in [2.05, 4.69) is 32.3 Å². The van der Waals surface area contributed by atoms with Gasteiger partial charge in [0.05, 0.1) is 19.3 Å². The van der Waals surface area contributed by atoms with Crippen molar-refractivity contribution in [2.75, 3.05) is 32.9 Å². The lowest BCUT2D eigenvalue weighted by Crippen LogP contribution is -2.52. The predicted octanol–water partition coefficient (Wildman–Crippen LogP) is 2.00. The standard InChI is InChI=1S/C29H35N5O5/c35-25-4-3-24(27(36)31-25)34-17-22-21(28(34)37)1-2-23-26(22)39-18-29(23)7-9-32(10-8-29)14-20-13-30-33(16-20)15-19-5-11-38-12-6-19/h1-2,13,16,19,24H,3-12,14-15,17-18H2,(H,31,35,36)/t24-/m0/s1. The molecule has 1 spiro atoms. The van der Waals surface area contributed by atoms with Gasteiger partial charge in [0, 0.05) is 66.6 Å². The van der Waals surface area contributed by atoms with Crippen molar-refractivity contribution in [1.29, 1.82) is 0 Å². The summed E-state index contributed by atoms with van der Waals surface area (Å²) in [5.41, 5.74) is 3.91. The largest absolute Gasteiger partial charge is 0.492 e. The van der Waals surface area contributed by atoms with Crippen molar-refractivity contribution in [2.24, 2.45) is 5.92 Å². The average Bonchev–Trinajstić information content (AvgIpc) is 3.63. The van der Waals surface area contributed by atoms with Crippen LogP contribution in [0.4, 0.5) is 0 Å². The molecule has 10 heteroatoms. The monoisotopic (exact) mass is 533 g/mol. The molecule has 1 atom stereocenters. The normalized spacial score (nSPS) is 25.1. The van der Waals surface area contributed by atoms with E-state index in [0.29, 0.717) is 31.1 Å². The fraction of sp³-hybridized carbons (Fsp3) is 0.586. The van der Waals surface area contributed by atoms with Gasteiger partial charge in [-0.25, -0.2) is 0 Å².